The second-order valence-corrected chi connectivity index (χ2v) is 9.58. The second-order valence-electron chi connectivity index (χ2n) is 9.58. The Bertz CT molecular complexity index is 1090. The number of benzene rings is 1. The first kappa shape index (κ1) is 31.8. The normalized spacial score (nSPS) is 16.8. The van der Waals surface area contributed by atoms with Crippen molar-refractivity contribution in [2.45, 2.75) is 69.1 Å². The molecule has 15 nitrogen and oxygen atoms in total. The van der Waals surface area contributed by atoms with Gasteiger partial charge in [-0.25, -0.2) is 4.79 Å². The zero-order valence-electron chi connectivity index (χ0n) is 22.1. The smallest absolute Gasteiger partial charge is 0.326 e. The summed E-state index contributed by atoms with van der Waals surface area (Å²) in [5.41, 5.74) is 22.6. The molecule has 0 aromatic heterocycles. The Morgan fingerprint density at radius 2 is 1.70 bits per heavy atom. The van der Waals surface area contributed by atoms with Crippen molar-refractivity contribution in [1.29, 1.82) is 0 Å². The molecule has 1 aromatic rings. The van der Waals surface area contributed by atoms with E-state index in [1.54, 1.807) is 12.1 Å². The lowest BCUT2D eigenvalue weighted by molar-refractivity contribution is -0.143. The highest BCUT2D eigenvalue weighted by molar-refractivity contribution is 5.94. The van der Waals surface area contributed by atoms with Gasteiger partial charge in [-0.1, -0.05) is 12.1 Å². The van der Waals surface area contributed by atoms with Gasteiger partial charge in [0.05, 0.1) is 6.04 Å². The fraction of sp³-hybridized carbons (Fsp3) is 0.520. The van der Waals surface area contributed by atoms with Crippen molar-refractivity contribution >= 4 is 35.6 Å². The Morgan fingerprint density at radius 1 is 1.02 bits per heavy atom. The quantitative estimate of drug-likeness (QED) is 0.0639. The molecule has 4 atom stereocenters. The zero-order valence-corrected chi connectivity index (χ0v) is 22.1. The number of aliphatic carboxylic acids is 1. The van der Waals surface area contributed by atoms with Crippen molar-refractivity contribution in [3.8, 4) is 5.75 Å². The second kappa shape index (κ2) is 15.3. The van der Waals surface area contributed by atoms with Crippen molar-refractivity contribution in [2.24, 2.45) is 27.9 Å². The first-order chi connectivity index (χ1) is 18.9. The molecular formula is C25H38N8O7. The number of rotatable bonds is 15. The van der Waals surface area contributed by atoms with E-state index in [9.17, 15) is 34.2 Å². The van der Waals surface area contributed by atoms with Crippen LogP contribution >= 0.6 is 0 Å². The molecule has 220 valence electrons. The van der Waals surface area contributed by atoms with E-state index in [1.165, 1.54) is 17.0 Å². The van der Waals surface area contributed by atoms with Crippen LogP contribution < -0.4 is 33.6 Å². The van der Waals surface area contributed by atoms with Gasteiger partial charge in [-0.15, -0.1) is 0 Å². The van der Waals surface area contributed by atoms with Gasteiger partial charge in [0, 0.05) is 19.5 Å². The lowest BCUT2D eigenvalue weighted by Gasteiger charge is -2.28. The van der Waals surface area contributed by atoms with Crippen LogP contribution in [0.1, 0.15) is 44.1 Å². The van der Waals surface area contributed by atoms with Gasteiger partial charge in [-0.2, -0.15) is 0 Å². The molecule has 1 heterocycles. The average Bonchev–Trinajstić information content (AvgIpc) is 3.38. The molecule has 12 N–H and O–H groups in total. The van der Waals surface area contributed by atoms with Crippen LogP contribution in [-0.2, 0) is 30.4 Å². The van der Waals surface area contributed by atoms with Crippen molar-refractivity contribution in [1.82, 2.24) is 15.5 Å². The molecule has 0 radical (unpaired) electrons. The van der Waals surface area contributed by atoms with Crippen molar-refractivity contribution in [2.75, 3.05) is 13.1 Å². The van der Waals surface area contributed by atoms with E-state index in [-0.39, 0.29) is 50.4 Å². The SMILES string of the molecule is NC(=O)CCC(NC(=O)C(CCCN=C(N)N)NC(=O)C1CCCN1C(=O)C(N)Cc1ccc(O)cc1)C(=O)O. The fourth-order valence-corrected chi connectivity index (χ4v) is 4.35. The highest BCUT2D eigenvalue weighted by atomic mass is 16.4. The number of guanidine groups is 1. The molecule has 0 saturated carbocycles. The van der Waals surface area contributed by atoms with Crippen molar-refractivity contribution < 1.29 is 34.2 Å². The number of carboxylic acid groups (broad SMARTS) is 1. The van der Waals surface area contributed by atoms with Crippen molar-refractivity contribution in [3.05, 3.63) is 29.8 Å². The molecule has 4 unspecified atom stereocenters. The summed E-state index contributed by atoms with van der Waals surface area (Å²) in [4.78, 5) is 67.3. The molecule has 1 aliphatic rings. The maximum atomic E-state index is 13.3. The number of hydrogen-bond acceptors (Lipinski definition) is 8. The molecule has 40 heavy (non-hydrogen) atoms. The van der Waals surface area contributed by atoms with E-state index in [4.69, 9.17) is 22.9 Å². The average molecular weight is 563 g/mol. The van der Waals surface area contributed by atoms with E-state index in [0.717, 1.165) is 5.56 Å². The number of likely N-dealkylation sites (tertiary alicyclic amines) is 1. The summed E-state index contributed by atoms with van der Waals surface area (Å²) >= 11 is 0. The Labute approximate surface area is 231 Å². The highest BCUT2D eigenvalue weighted by Gasteiger charge is 2.38. The van der Waals surface area contributed by atoms with E-state index in [0.29, 0.717) is 19.4 Å². The van der Waals surface area contributed by atoms with Crippen LogP contribution in [-0.4, -0.2) is 87.9 Å². The van der Waals surface area contributed by atoms with Crippen LogP contribution in [0.15, 0.2) is 29.3 Å². The summed E-state index contributed by atoms with van der Waals surface area (Å²) in [6.07, 6.45) is 0.948. The van der Waals surface area contributed by atoms with Gasteiger partial charge in [0.25, 0.3) is 0 Å². The van der Waals surface area contributed by atoms with Gasteiger partial charge in [0.1, 0.15) is 23.9 Å². The van der Waals surface area contributed by atoms with Gasteiger partial charge in [-0.3, -0.25) is 24.2 Å². The minimum atomic E-state index is -1.40. The number of aromatic hydroxyl groups is 1. The summed E-state index contributed by atoms with van der Waals surface area (Å²) in [7, 11) is 0. The number of phenols is 1. The number of phenolic OH excluding ortho intramolecular Hbond substituents is 1. The van der Waals surface area contributed by atoms with Crippen LogP contribution in [0.3, 0.4) is 0 Å². The highest BCUT2D eigenvalue weighted by Crippen LogP contribution is 2.20. The summed E-state index contributed by atoms with van der Waals surface area (Å²) < 4.78 is 0. The number of amides is 4. The third-order valence-electron chi connectivity index (χ3n) is 6.42. The molecule has 1 aromatic carbocycles. The lowest BCUT2D eigenvalue weighted by atomic mass is 10.0. The fourth-order valence-electron chi connectivity index (χ4n) is 4.35. The number of primary amides is 1. The maximum Gasteiger partial charge on any atom is 0.326 e. The topological polar surface area (TPSA) is 270 Å². The standard InChI is InChI=1S/C25H38N8O7/c26-16(13-14-5-7-15(34)8-6-14)23(38)33-12-2-4-19(33)22(37)31-17(3-1-11-30-25(28)29)21(36)32-18(24(39)40)9-10-20(27)35/h5-8,16-19,34H,1-4,9-13,26H2,(H2,27,35)(H,31,37)(H,32,36)(H,39,40)(H4,28,29,30). The number of aliphatic imine (C=N–C) groups is 1. The number of hydrogen-bond donors (Lipinski definition) is 8. The summed E-state index contributed by atoms with van der Waals surface area (Å²) in [5.74, 6) is -3.96. The number of carbonyl (C=O) groups excluding carboxylic acids is 4. The molecule has 1 saturated heterocycles. The number of nitrogens with one attached hydrogen (secondary N) is 2. The van der Waals surface area contributed by atoms with Gasteiger partial charge in [0.2, 0.25) is 23.6 Å². The van der Waals surface area contributed by atoms with Crippen LogP contribution in [0.4, 0.5) is 0 Å². The van der Waals surface area contributed by atoms with Crippen molar-refractivity contribution in [3.63, 3.8) is 0 Å². The first-order valence-corrected chi connectivity index (χ1v) is 12.9. The third kappa shape index (κ3) is 10.1. The Kier molecular flexibility index (Phi) is 12.1. The first-order valence-electron chi connectivity index (χ1n) is 12.9. The number of nitrogens with zero attached hydrogens (tertiary/aromatic N) is 2. The molecule has 15 heteroatoms. The minimum Gasteiger partial charge on any atom is -0.508 e. The van der Waals surface area contributed by atoms with Gasteiger partial charge in [-0.05, 0) is 56.2 Å². The van der Waals surface area contributed by atoms with E-state index in [1.807, 2.05) is 0 Å². The minimum absolute atomic E-state index is 0.0670. The molecule has 4 amide bonds. The molecular weight excluding hydrogens is 524 g/mol. The molecule has 1 fully saturated rings. The summed E-state index contributed by atoms with van der Waals surface area (Å²) in [6.45, 7) is 0.460. The monoisotopic (exact) mass is 562 g/mol. The largest absolute Gasteiger partial charge is 0.508 e. The van der Waals surface area contributed by atoms with Crippen LogP contribution in [0.25, 0.3) is 0 Å². The zero-order chi connectivity index (χ0) is 29.8. The Hall–Kier alpha value is -4.40. The van der Waals surface area contributed by atoms with E-state index < -0.39 is 53.8 Å². The summed E-state index contributed by atoms with van der Waals surface area (Å²) in [5, 5.41) is 23.9. The third-order valence-corrected chi connectivity index (χ3v) is 6.42. The predicted octanol–water partition coefficient (Wildman–Crippen LogP) is -2.37. The van der Waals surface area contributed by atoms with Crippen LogP contribution in [0.2, 0.25) is 0 Å². The predicted molar refractivity (Wildman–Crippen MR) is 144 cm³/mol. The lowest BCUT2D eigenvalue weighted by Crippen LogP contribution is -2.56. The molecule has 0 aliphatic carbocycles. The number of carboxylic acids is 1. The van der Waals surface area contributed by atoms with Crippen LogP contribution in [0.5, 0.6) is 5.75 Å². The number of nitrogens with two attached hydrogens (primary N) is 4. The van der Waals surface area contributed by atoms with Gasteiger partial charge < -0.3 is 48.7 Å². The molecule has 1 aliphatic heterocycles. The van der Waals surface area contributed by atoms with E-state index >= 15 is 0 Å². The Morgan fingerprint density at radius 3 is 2.30 bits per heavy atom. The van der Waals surface area contributed by atoms with Gasteiger partial charge >= 0.3 is 5.97 Å². The van der Waals surface area contributed by atoms with Gasteiger partial charge in [0.15, 0.2) is 5.96 Å². The van der Waals surface area contributed by atoms with E-state index in [2.05, 4.69) is 15.6 Å². The molecule has 0 bridgehead atoms. The summed E-state index contributed by atoms with van der Waals surface area (Å²) in [6, 6.07) is 1.89. The Balaban J connectivity index is 2.11. The molecule has 2 rings (SSSR count). The molecule has 0 spiro atoms. The number of carbonyl (C=O) groups is 5. The maximum absolute atomic E-state index is 13.3. The van der Waals surface area contributed by atoms with Crippen LogP contribution in [0, 0.1) is 0 Å².